The number of allylic oxidation sites excluding steroid dienone is 1. The molecular weight excluding hydrogens is 542 g/mol. The third-order valence-corrected chi connectivity index (χ3v) is 12.3. The van der Waals surface area contributed by atoms with Crippen LogP contribution in [-0.2, 0) is 9.16 Å². The van der Waals surface area contributed by atoms with Gasteiger partial charge in [0.05, 0.1) is 17.3 Å². The van der Waals surface area contributed by atoms with Crippen LogP contribution in [0, 0.1) is 28.6 Å². The van der Waals surface area contributed by atoms with E-state index in [4.69, 9.17) is 9.16 Å². The van der Waals surface area contributed by atoms with Crippen molar-refractivity contribution in [2.75, 3.05) is 6.61 Å². The summed E-state index contributed by atoms with van der Waals surface area (Å²) in [5.41, 5.74) is 2.31. The molecule has 0 radical (unpaired) electrons. The fourth-order valence-corrected chi connectivity index (χ4v) is 11.1. The van der Waals surface area contributed by atoms with Crippen molar-refractivity contribution >= 4 is 24.2 Å². The minimum Gasteiger partial charge on any atom is -0.399 e. The highest BCUT2D eigenvalue weighted by Gasteiger charge is 2.66. The Hall–Kier alpha value is -0.973. The monoisotopic (exact) mass is 583 g/mol. The molecule has 6 rings (SSSR count). The first-order chi connectivity index (χ1) is 17.4. The number of hydrogen-bond acceptors (Lipinski definition) is 4. The summed E-state index contributed by atoms with van der Waals surface area (Å²) in [6.45, 7) is 9.85. The minimum atomic E-state index is -1.94. The molecular formula is C31H42BrNO3Si. The van der Waals surface area contributed by atoms with Crippen LogP contribution < -0.4 is 0 Å². The molecule has 1 saturated heterocycles. The van der Waals surface area contributed by atoms with Crippen LogP contribution in [0.4, 0.5) is 0 Å². The number of benzene rings is 1. The average molecular weight is 585 g/mol. The fourth-order valence-electron chi connectivity index (χ4n) is 9.36. The van der Waals surface area contributed by atoms with Crippen LogP contribution in [-0.4, -0.2) is 36.8 Å². The Morgan fingerprint density at radius 3 is 2.51 bits per heavy atom. The molecule has 7 atom stereocenters. The van der Waals surface area contributed by atoms with Crippen LogP contribution in [0.2, 0.25) is 19.6 Å². The Balaban J connectivity index is 1.48. The Morgan fingerprint density at radius 1 is 1.11 bits per heavy atom. The van der Waals surface area contributed by atoms with E-state index >= 15 is 0 Å². The Labute approximate surface area is 232 Å². The third kappa shape index (κ3) is 4.06. The highest BCUT2D eigenvalue weighted by molar-refractivity contribution is 9.10. The summed E-state index contributed by atoms with van der Waals surface area (Å²) in [7, 11) is -1.94. The molecule has 1 spiro atoms. The van der Waals surface area contributed by atoms with Crippen LogP contribution in [0.5, 0.6) is 0 Å². The van der Waals surface area contributed by atoms with E-state index in [2.05, 4.69) is 72.8 Å². The van der Waals surface area contributed by atoms with Gasteiger partial charge in [-0.3, -0.25) is 0 Å². The molecule has 4 fully saturated rings. The molecule has 1 heterocycles. The van der Waals surface area contributed by atoms with Gasteiger partial charge in [-0.2, -0.15) is 5.26 Å². The zero-order chi connectivity index (χ0) is 26.3. The number of nitrogens with zero attached hydrogens (tertiary/aromatic N) is 1. The first-order valence-electron chi connectivity index (χ1n) is 14.4. The SMILES string of the molecule is C[C@]12C[C@H](c3ccc(Br)cc3)C3=C4CCC5(CCCO5)C[C@]4(O)CCC3C1CC[C@@]2(C#N)O[Si](C)(C)C. The lowest BCUT2D eigenvalue weighted by molar-refractivity contribution is -0.100. The van der Waals surface area contributed by atoms with E-state index in [0.29, 0.717) is 11.8 Å². The highest BCUT2D eigenvalue weighted by atomic mass is 79.9. The summed E-state index contributed by atoms with van der Waals surface area (Å²) in [4.78, 5) is 0. The van der Waals surface area contributed by atoms with Gasteiger partial charge in [0.25, 0.3) is 0 Å². The third-order valence-electron chi connectivity index (χ3n) is 10.8. The summed E-state index contributed by atoms with van der Waals surface area (Å²) < 4.78 is 14.2. The lowest BCUT2D eigenvalue weighted by Gasteiger charge is -2.58. The summed E-state index contributed by atoms with van der Waals surface area (Å²) in [5.74, 6) is 1.03. The molecule has 0 amide bonds. The second-order valence-electron chi connectivity index (χ2n) is 13.9. The van der Waals surface area contributed by atoms with Gasteiger partial charge in [-0.25, -0.2) is 0 Å². The molecule has 0 bridgehead atoms. The molecule has 6 heteroatoms. The first-order valence-corrected chi connectivity index (χ1v) is 18.6. The summed E-state index contributed by atoms with van der Waals surface area (Å²) in [6.07, 6.45) is 9.48. The molecule has 1 N–H and O–H groups in total. The van der Waals surface area contributed by atoms with Crippen LogP contribution in [0.1, 0.15) is 82.6 Å². The maximum absolute atomic E-state index is 12.3. The standard InChI is InChI=1S/C31H42BrNO3Si/c1-28-18-24(21-6-8-22(32)9-7-21)27-23(25(28)12-16-31(28,20-33)36-37(2,3)4)10-15-30(34)19-29(13-5-17-35-29)14-11-26(27)30/h6-9,23-25,34H,5,10-19H2,1-4H3/t23?,24-,25?,28+,29?,30-,31+/m1/s1. The molecule has 3 saturated carbocycles. The maximum Gasteiger partial charge on any atom is 0.185 e. The van der Waals surface area contributed by atoms with Crippen LogP contribution >= 0.6 is 15.9 Å². The molecule has 1 aliphatic heterocycles. The Bertz CT molecular complexity index is 1150. The molecule has 0 aromatic heterocycles. The van der Waals surface area contributed by atoms with Crippen molar-refractivity contribution in [2.24, 2.45) is 17.3 Å². The van der Waals surface area contributed by atoms with Crippen LogP contribution in [0.3, 0.4) is 0 Å². The van der Waals surface area contributed by atoms with Crippen molar-refractivity contribution < 1.29 is 14.3 Å². The van der Waals surface area contributed by atoms with Gasteiger partial charge >= 0.3 is 0 Å². The number of nitriles is 1. The number of rotatable bonds is 3. The van der Waals surface area contributed by atoms with Gasteiger partial charge in [0.1, 0.15) is 5.60 Å². The van der Waals surface area contributed by atoms with Crippen LogP contribution in [0.15, 0.2) is 39.9 Å². The number of halogens is 1. The molecule has 5 aliphatic rings. The number of aliphatic hydroxyl groups is 1. The molecule has 37 heavy (non-hydrogen) atoms. The van der Waals surface area contributed by atoms with Gasteiger partial charge in [0.15, 0.2) is 8.32 Å². The van der Waals surface area contributed by atoms with Crippen LogP contribution in [0.25, 0.3) is 0 Å². The Morgan fingerprint density at radius 2 is 1.86 bits per heavy atom. The van der Waals surface area contributed by atoms with Crippen molar-refractivity contribution in [3.05, 3.63) is 45.4 Å². The van der Waals surface area contributed by atoms with Gasteiger partial charge < -0.3 is 14.3 Å². The van der Waals surface area contributed by atoms with E-state index in [-0.39, 0.29) is 16.9 Å². The van der Waals surface area contributed by atoms with Gasteiger partial charge in [0.2, 0.25) is 0 Å². The van der Waals surface area contributed by atoms with Gasteiger partial charge in [0, 0.05) is 28.8 Å². The zero-order valence-electron chi connectivity index (χ0n) is 22.9. The lowest BCUT2D eigenvalue weighted by atomic mass is 9.49. The average Bonchev–Trinajstić information content (AvgIpc) is 3.39. The molecule has 1 aromatic rings. The summed E-state index contributed by atoms with van der Waals surface area (Å²) in [5, 5.41) is 22.9. The van der Waals surface area contributed by atoms with E-state index in [9.17, 15) is 10.4 Å². The van der Waals surface area contributed by atoms with Crippen molar-refractivity contribution in [1.29, 1.82) is 5.26 Å². The number of hydrogen-bond donors (Lipinski definition) is 1. The van der Waals surface area contributed by atoms with E-state index in [1.807, 2.05) is 0 Å². The summed E-state index contributed by atoms with van der Waals surface area (Å²) >= 11 is 3.63. The second-order valence-corrected chi connectivity index (χ2v) is 19.3. The second kappa shape index (κ2) is 8.76. The van der Waals surface area contributed by atoms with Gasteiger partial charge in [-0.05, 0) is 113 Å². The van der Waals surface area contributed by atoms with Gasteiger partial charge in [-0.1, -0.05) is 40.6 Å². The number of fused-ring (bicyclic) bond motifs is 4. The summed E-state index contributed by atoms with van der Waals surface area (Å²) in [6, 6.07) is 11.6. The highest BCUT2D eigenvalue weighted by Crippen LogP contribution is 2.69. The minimum absolute atomic E-state index is 0.129. The fraction of sp³-hybridized carbons (Fsp3) is 0.710. The van der Waals surface area contributed by atoms with Crippen molar-refractivity contribution in [2.45, 2.75) is 113 Å². The van der Waals surface area contributed by atoms with E-state index in [1.54, 1.807) is 0 Å². The first kappa shape index (κ1) is 26.3. The zero-order valence-corrected chi connectivity index (χ0v) is 25.5. The maximum atomic E-state index is 12.3. The Kier molecular flexibility index (Phi) is 6.22. The predicted octanol–water partition coefficient (Wildman–Crippen LogP) is 7.64. The molecule has 4 nitrogen and oxygen atoms in total. The smallest absolute Gasteiger partial charge is 0.185 e. The molecule has 200 valence electrons. The lowest BCUT2D eigenvalue weighted by Crippen LogP contribution is -2.57. The van der Waals surface area contributed by atoms with Crippen molar-refractivity contribution in [1.82, 2.24) is 0 Å². The largest absolute Gasteiger partial charge is 0.399 e. The number of ether oxygens (including phenoxy) is 1. The van der Waals surface area contributed by atoms with E-state index in [1.165, 1.54) is 16.7 Å². The van der Waals surface area contributed by atoms with Gasteiger partial charge in [-0.15, -0.1) is 0 Å². The predicted molar refractivity (Wildman–Crippen MR) is 152 cm³/mol. The van der Waals surface area contributed by atoms with E-state index < -0.39 is 19.5 Å². The molecule has 4 aliphatic carbocycles. The van der Waals surface area contributed by atoms with Crippen molar-refractivity contribution in [3.63, 3.8) is 0 Å². The topological polar surface area (TPSA) is 62.5 Å². The molecule has 3 unspecified atom stereocenters. The van der Waals surface area contributed by atoms with Crippen molar-refractivity contribution in [3.8, 4) is 6.07 Å². The molecule has 1 aromatic carbocycles. The van der Waals surface area contributed by atoms with E-state index in [0.717, 1.165) is 75.3 Å². The quantitative estimate of drug-likeness (QED) is 0.293. The normalized spacial score (nSPS) is 43.3.